The maximum absolute atomic E-state index is 5.85. The van der Waals surface area contributed by atoms with Gasteiger partial charge in [0.05, 0.1) is 30.2 Å². The van der Waals surface area contributed by atoms with Gasteiger partial charge < -0.3 is 14.5 Å². The first-order valence-corrected chi connectivity index (χ1v) is 9.12. The lowest BCUT2D eigenvalue weighted by Gasteiger charge is -2.09. The molecule has 0 amide bonds. The molecule has 6 heteroatoms. The van der Waals surface area contributed by atoms with Gasteiger partial charge in [-0.2, -0.15) is 0 Å². The van der Waals surface area contributed by atoms with E-state index in [4.69, 9.17) is 9.47 Å². The van der Waals surface area contributed by atoms with Crippen LogP contribution in [0, 0.1) is 0 Å². The van der Waals surface area contributed by atoms with Crippen molar-refractivity contribution in [2.45, 2.75) is 18.3 Å². The van der Waals surface area contributed by atoms with E-state index in [-0.39, 0.29) is 0 Å². The third-order valence-electron chi connectivity index (χ3n) is 4.14. The van der Waals surface area contributed by atoms with E-state index in [2.05, 4.69) is 27.1 Å². The van der Waals surface area contributed by atoms with Crippen molar-refractivity contribution in [3.05, 3.63) is 53.9 Å². The quantitative estimate of drug-likeness (QED) is 0.731. The first kappa shape index (κ1) is 16.0. The van der Waals surface area contributed by atoms with Gasteiger partial charge in [0.1, 0.15) is 23.9 Å². The minimum atomic E-state index is 0.405. The van der Waals surface area contributed by atoms with Crippen LogP contribution in [-0.4, -0.2) is 34.4 Å². The molecule has 1 aromatic heterocycles. The van der Waals surface area contributed by atoms with Crippen molar-refractivity contribution in [3.63, 3.8) is 0 Å². The van der Waals surface area contributed by atoms with E-state index < -0.39 is 0 Å². The maximum atomic E-state index is 5.85. The minimum Gasteiger partial charge on any atom is -0.497 e. The number of aromatic amines is 1. The molecule has 0 spiro atoms. The molecule has 1 N–H and O–H groups in total. The SMILES string of the molecule is COc1ccc2nc(COc3ccc(CC4CN=CS4)cc3)[nH]c2c1. The summed E-state index contributed by atoms with van der Waals surface area (Å²) in [4.78, 5) is 12.1. The molecule has 3 aromatic rings. The molecule has 5 nitrogen and oxygen atoms in total. The number of hydrogen-bond donors (Lipinski definition) is 1. The molecule has 0 aliphatic carbocycles. The fraction of sp³-hybridized carbons (Fsp3) is 0.263. The van der Waals surface area contributed by atoms with Crippen LogP contribution in [-0.2, 0) is 13.0 Å². The first-order chi connectivity index (χ1) is 12.3. The number of thioether (sulfide) groups is 1. The summed E-state index contributed by atoms with van der Waals surface area (Å²) in [5, 5.41) is 0.569. The number of nitrogens with one attached hydrogen (secondary N) is 1. The number of rotatable bonds is 6. The molecule has 1 atom stereocenters. The molecule has 2 aromatic carbocycles. The number of aromatic nitrogens is 2. The summed E-state index contributed by atoms with van der Waals surface area (Å²) < 4.78 is 11.1. The lowest BCUT2D eigenvalue weighted by molar-refractivity contribution is 0.297. The normalized spacial score (nSPS) is 16.4. The van der Waals surface area contributed by atoms with Gasteiger partial charge in [0.25, 0.3) is 0 Å². The molecule has 0 bridgehead atoms. The third-order valence-corrected chi connectivity index (χ3v) is 5.11. The van der Waals surface area contributed by atoms with Crippen LogP contribution in [0.1, 0.15) is 11.4 Å². The van der Waals surface area contributed by atoms with E-state index in [1.54, 1.807) is 7.11 Å². The summed E-state index contributed by atoms with van der Waals surface area (Å²) in [6.45, 7) is 1.32. The molecule has 4 rings (SSSR count). The number of nitrogens with zero attached hydrogens (tertiary/aromatic N) is 2. The van der Waals surface area contributed by atoms with Crippen molar-refractivity contribution >= 4 is 28.3 Å². The van der Waals surface area contributed by atoms with Crippen molar-refractivity contribution in [3.8, 4) is 11.5 Å². The summed E-state index contributed by atoms with van der Waals surface area (Å²) in [5.74, 6) is 2.45. The van der Waals surface area contributed by atoms with E-state index in [0.717, 1.165) is 41.3 Å². The van der Waals surface area contributed by atoms with Crippen molar-refractivity contribution in [1.82, 2.24) is 9.97 Å². The Morgan fingerprint density at radius 1 is 1.16 bits per heavy atom. The van der Waals surface area contributed by atoms with Gasteiger partial charge in [-0.1, -0.05) is 12.1 Å². The number of benzene rings is 2. The maximum Gasteiger partial charge on any atom is 0.146 e. The van der Waals surface area contributed by atoms with Crippen LogP contribution < -0.4 is 9.47 Å². The smallest absolute Gasteiger partial charge is 0.146 e. The summed E-state index contributed by atoms with van der Waals surface area (Å²) in [5.41, 5.74) is 5.12. The Morgan fingerprint density at radius 3 is 2.76 bits per heavy atom. The lowest BCUT2D eigenvalue weighted by atomic mass is 10.1. The van der Waals surface area contributed by atoms with E-state index >= 15 is 0 Å². The Morgan fingerprint density at radius 2 is 2.00 bits per heavy atom. The molecule has 25 heavy (non-hydrogen) atoms. The minimum absolute atomic E-state index is 0.405. The zero-order valence-electron chi connectivity index (χ0n) is 13.9. The Bertz CT molecular complexity index is 881. The molecule has 0 fully saturated rings. The molecule has 0 saturated heterocycles. The Labute approximate surface area is 150 Å². The fourth-order valence-corrected chi connectivity index (χ4v) is 3.62. The zero-order chi connectivity index (χ0) is 17.1. The topological polar surface area (TPSA) is 59.5 Å². The van der Waals surface area contributed by atoms with Gasteiger partial charge in [-0.25, -0.2) is 4.98 Å². The molecule has 1 unspecified atom stereocenters. The molecular formula is C19H19N3O2S. The van der Waals surface area contributed by atoms with Crippen LogP contribution in [0.2, 0.25) is 0 Å². The molecule has 1 aliphatic rings. The summed E-state index contributed by atoms with van der Waals surface area (Å²) in [7, 11) is 1.66. The number of imidazole rings is 1. The summed E-state index contributed by atoms with van der Waals surface area (Å²) >= 11 is 1.81. The van der Waals surface area contributed by atoms with E-state index in [9.17, 15) is 0 Å². The molecular weight excluding hydrogens is 334 g/mol. The van der Waals surface area contributed by atoms with Crippen LogP contribution >= 0.6 is 11.8 Å². The zero-order valence-corrected chi connectivity index (χ0v) is 14.8. The van der Waals surface area contributed by atoms with Gasteiger partial charge >= 0.3 is 0 Å². The van der Waals surface area contributed by atoms with Gasteiger partial charge in [-0.3, -0.25) is 4.99 Å². The number of hydrogen-bond acceptors (Lipinski definition) is 5. The molecule has 2 heterocycles. The molecule has 128 valence electrons. The highest BCUT2D eigenvalue weighted by Crippen LogP contribution is 2.22. The largest absolute Gasteiger partial charge is 0.497 e. The predicted molar refractivity (Wildman–Crippen MR) is 102 cm³/mol. The van der Waals surface area contributed by atoms with Crippen molar-refractivity contribution in [2.75, 3.05) is 13.7 Å². The van der Waals surface area contributed by atoms with Crippen molar-refractivity contribution in [1.29, 1.82) is 0 Å². The van der Waals surface area contributed by atoms with Gasteiger partial charge in [0.15, 0.2) is 0 Å². The second-order valence-corrected chi connectivity index (χ2v) is 7.08. The monoisotopic (exact) mass is 353 g/mol. The Balaban J connectivity index is 1.37. The summed E-state index contributed by atoms with van der Waals surface area (Å²) in [6, 6.07) is 14.1. The van der Waals surface area contributed by atoms with Crippen LogP contribution in [0.25, 0.3) is 11.0 Å². The van der Waals surface area contributed by atoms with Crippen molar-refractivity contribution < 1.29 is 9.47 Å². The average Bonchev–Trinajstić information content (AvgIpc) is 3.29. The number of H-pyrrole nitrogens is 1. The van der Waals surface area contributed by atoms with Gasteiger partial charge in [-0.05, 0) is 36.2 Å². The second-order valence-electron chi connectivity index (χ2n) is 5.93. The van der Waals surface area contributed by atoms with Crippen LogP contribution in [0.3, 0.4) is 0 Å². The molecule has 0 radical (unpaired) electrons. The Hall–Kier alpha value is -2.47. The van der Waals surface area contributed by atoms with Gasteiger partial charge in [0, 0.05) is 11.3 Å². The number of ether oxygens (including phenoxy) is 2. The van der Waals surface area contributed by atoms with E-state index in [0.29, 0.717) is 11.9 Å². The predicted octanol–water partition coefficient (Wildman–Crippen LogP) is 3.84. The van der Waals surface area contributed by atoms with Crippen LogP contribution in [0.4, 0.5) is 0 Å². The lowest BCUT2D eigenvalue weighted by Crippen LogP contribution is -2.06. The average molecular weight is 353 g/mol. The Kier molecular flexibility index (Phi) is 4.61. The van der Waals surface area contributed by atoms with Crippen LogP contribution in [0.15, 0.2) is 47.5 Å². The highest BCUT2D eigenvalue weighted by Gasteiger charge is 2.12. The number of methoxy groups -OCH3 is 1. The highest BCUT2D eigenvalue weighted by molar-refractivity contribution is 8.12. The van der Waals surface area contributed by atoms with Gasteiger partial charge in [0.2, 0.25) is 0 Å². The van der Waals surface area contributed by atoms with E-state index in [1.807, 2.05) is 47.6 Å². The van der Waals surface area contributed by atoms with Crippen LogP contribution in [0.5, 0.6) is 11.5 Å². The van der Waals surface area contributed by atoms with E-state index in [1.165, 1.54) is 5.56 Å². The second kappa shape index (κ2) is 7.19. The summed E-state index contributed by atoms with van der Waals surface area (Å²) in [6.07, 6.45) is 1.04. The fourth-order valence-electron chi connectivity index (χ4n) is 2.82. The third kappa shape index (κ3) is 3.79. The van der Waals surface area contributed by atoms with Crippen molar-refractivity contribution in [2.24, 2.45) is 4.99 Å². The molecule has 0 saturated carbocycles. The molecule has 1 aliphatic heterocycles. The highest BCUT2D eigenvalue weighted by atomic mass is 32.2. The standard InChI is InChI=1S/C19H19N3O2S/c1-23-15-6-7-17-18(9-15)22-19(21-17)11-24-14-4-2-13(3-5-14)8-16-10-20-12-25-16/h2-7,9,12,16H,8,10-11H2,1H3,(H,21,22). The number of fused-ring (bicyclic) bond motifs is 1. The van der Waals surface area contributed by atoms with Gasteiger partial charge in [-0.15, -0.1) is 11.8 Å². The first-order valence-electron chi connectivity index (χ1n) is 8.18. The number of aliphatic imine (C=N–C) groups is 1.